The quantitative estimate of drug-likeness (QED) is 0.397. The molecule has 0 aliphatic carbocycles. The highest BCUT2D eigenvalue weighted by Crippen LogP contribution is 2.39. The van der Waals surface area contributed by atoms with Crippen molar-refractivity contribution in [3.63, 3.8) is 0 Å². The van der Waals surface area contributed by atoms with Gasteiger partial charge in [-0.3, -0.25) is 4.79 Å². The van der Waals surface area contributed by atoms with Crippen molar-refractivity contribution < 1.29 is 28.5 Å². The zero-order valence-corrected chi connectivity index (χ0v) is 21.7. The van der Waals surface area contributed by atoms with Crippen LogP contribution in [0.2, 0.25) is 5.02 Å². The van der Waals surface area contributed by atoms with Gasteiger partial charge in [0.15, 0.2) is 5.76 Å². The highest BCUT2D eigenvalue weighted by molar-refractivity contribution is 7.90. The van der Waals surface area contributed by atoms with Gasteiger partial charge in [0, 0.05) is 21.9 Å². The predicted octanol–water partition coefficient (Wildman–Crippen LogP) is 5.13. The van der Waals surface area contributed by atoms with Gasteiger partial charge in [-0.15, -0.1) is 4.72 Å². The number of esters is 1. The second-order valence-electron chi connectivity index (χ2n) is 9.80. The van der Waals surface area contributed by atoms with Gasteiger partial charge in [-0.1, -0.05) is 16.8 Å². The number of aromatic nitrogens is 1. The number of hydrogen-bond acceptors (Lipinski definition) is 7. The first-order valence-electron chi connectivity index (χ1n) is 10.4. The van der Waals surface area contributed by atoms with Crippen molar-refractivity contribution in [2.24, 2.45) is 0 Å². The third-order valence-electron chi connectivity index (χ3n) is 4.58. The van der Waals surface area contributed by atoms with Crippen LogP contribution in [0.25, 0.3) is 11.1 Å². The number of nitrogens with zero attached hydrogens (tertiary/aromatic N) is 1. The van der Waals surface area contributed by atoms with E-state index >= 15 is 0 Å². The van der Waals surface area contributed by atoms with Crippen LogP contribution < -0.4 is 4.72 Å². The molecule has 0 spiro atoms. The lowest BCUT2D eigenvalue weighted by atomic mass is 9.91. The lowest BCUT2D eigenvalue weighted by Crippen LogP contribution is -2.42. The van der Waals surface area contributed by atoms with Crippen LogP contribution >= 0.6 is 11.6 Å². The van der Waals surface area contributed by atoms with E-state index in [1.54, 1.807) is 61.5 Å². The fourth-order valence-corrected chi connectivity index (χ4v) is 4.29. The summed E-state index contributed by atoms with van der Waals surface area (Å²) < 4.78 is 26.3. The van der Waals surface area contributed by atoms with E-state index < -0.39 is 39.7 Å². The molecule has 8 nitrogen and oxygen atoms in total. The Bertz CT molecular complexity index is 1040. The number of benzene rings is 1. The molecule has 0 bridgehead atoms. The highest BCUT2D eigenvalue weighted by Gasteiger charge is 2.36. The largest absolute Gasteiger partial charge is 0.598 e. The fraction of sp³-hybridized carbons (Fsp3) is 0.522. The Morgan fingerprint density at radius 2 is 1.82 bits per heavy atom. The summed E-state index contributed by atoms with van der Waals surface area (Å²) in [6.07, 6.45) is -0.199. The van der Waals surface area contributed by atoms with Crippen molar-refractivity contribution in [3.05, 3.63) is 39.7 Å². The van der Waals surface area contributed by atoms with Gasteiger partial charge in [0.25, 0.3) is 0 Å². The van der Waals surface area contributed by atoms with E-state index in [2.05, 4.69) is 9.88 Å². The number of nitrogens with one attached hydrogen (secondary N) is 1. The summed E-state index contributed by atoms with van der Waals surface area (Å²) in [6.45, 7) is 14.0. The molecule has 0 radical (unpaired) electrons. The zero-order valence-electron chi connectivity index (χ0n) is 20.2. The Labute approximate surface area is 202 Å². The summed E-state index contributed by atoms with van der Waals surface area (Å²) >= 11 is 4.53. The second kappa shape index (κ2) is 10.0. The van der Waals surface area contributed by atoms with Crippen molar-refractivity contribution in [3.8, 4) is 11.1 Å². The molecule has 0 amide bonds. The van der Waals surface area contributed by atoms with Crippen LogP contribution in [0.4, 0.5) is 0 Å². The van der Waals surface area contributed by atoms with Gasteiger partial charge in [0.1, 0.15) is 16.4 Å². The molecule has 1 aromatic heterocycles. The lowest BCUT2D eigenvalue weighted by Gasteiger charge is -2.28. The van der Waals surface area contributed by atoms with Crippen molar-refractivity contribution in [2.75, 3.05) is 0 Å². The van der Waals surface area contributed by atoms with E-state index in [0.29, 0.717) is 22.4 Å². The molecular formula is C23H31ClN2O6S. The summed E-state index contributed by atoms with van der Waals surface area (Å²) in [5.41, 5.74) is 1.07. The van der Waals surface area contributed by atoms with Crippen LogP contribution in [0.5, 0.6) is 0 Å². The van der Waals surface area contributed by atoms with Gasteiger partial charge < -0.3 is 18.9 Å². The molecule has 182 valence electrons. The van der Waals surface area contributed by atoms with E-state index in [0.717, 1.165) is 0 Å². The maximum Gasteiger partial charge on any atom is 0.336 e. The van der Waals surface area contributed by atoms with Crippen molar-refractivity contribution in [1.29, 1.82) is 0 Å². The van der Waals surface area contributed by atoms with E-state index in [1.165, 1.54) is 6.07 Å². The monoisotopic (exact) mass is 498 g/mol. The van der Waals surface area contributed by atoms with Crippen LogP contribution in [0.15, 0.2) is 16.7 Å². The second-order valence-corrected chi connectivity index (χ2v) is 12.2. The van der Waals surface area contributed by atoms with Gasteiger partial charge in [-0.05, 0) is 73.1 Å². The van der Waals surface area contributed by atoms with Crippen LogP contribution in [-0.2, 0) is 20.9 Å². The average Bonchev–Trinajstić information content (AvgIpc) is 2.99. The molecule has 10 heteroatoms. The van der Waals surface area contributed by atoms with Crippen molar-refractivity contribution in [1.82, 2.24) is 9.88 Å². The molecule has 0 saturated heterocycles. The maximum atomic E-state index is 12.9. The average molecular weight is 499 g/mol. The fourth-order valence-electron chi connectivity index (χ4n) is 3.22. The van der Waals surface area contributed by atoms with Crippen LogP contribution in [-0.4, -0.2) is 37.1 Å². The number of carboxylic acids is 1. The first-order chi connectivity index (χ1) is 15.0. The predicted molar refractivity (Wildman–Crippen MR) is 128 cm³/mol. The molecule has 0 unspecified atom stereocenters. The Kier molecular flexibility index (Phi) is 8.27. The molecule has 2 aromatic rings. The van der Waals surface area contributed by atoms with E-state index in [-0.39, 0.29) is 22.8 Å². The molecule has 0 aliphatic rings. The highest BCUT2D eigenvalue weighted by atomic mass is 35.5. The number of aromatic carboxylic acids is 1. The molecule has 33 heavy (non-hydrogen) atoms. The van der Waals surface area contributed by atoms with Gasteiger partial charge in [-0.2, -0.15) is 0 Å². The smallest absolute Gasteiger partial charge is 0.336 e. The Balaban J connectivity index is 2.66. The van der Waals surface area contributed by atoms with E-state index in [9.17, 15) is 19.2 Å². The van der Waals surface area contributed by atoms with Gasteiger partial charge in [0.05, 0.1) is 23.2 Å². The Morgan fingerprint density at radius 3 is 2.33 bits per heavy atom. The molecule has 0 saturated carbocycles. The molecule has 0 fully saturated rings. The van der Waals surface area contributed by atoms with Gasteiger partial charge in [0.2, 0.25) is 0 Å². The lowest BCUT2D eigenvalue weighted by molar-refractivity contribution is -0.155. The summed E-state index contributed by atoms with van der Waals surface area (Å²) in [6, 6.07) is 2.11. The van der Waals surface area contributed by atoms with E-state index in [1.807, 2.05) is 0 Å². The number of ether oxygens (including phenoxy) is 1. The van der Waals surface area contributed by atoms with Crippen LogP contribution in [0, 0.1) is 13.8 Å². The molecule has 1 heterocycles. The third-order valence-corrected chi connectivity index (χ3v) is 6.41. The number of carbonyl (C=O) groups excluding carboxylic acids is 1. The molecular weight excluding hydrogens is 468 g/mol. The first kappa shape index (κ1) is 27.2. The Morgan fingerprint density at radius 1 is 1.21 bits per heavy atom. The molecule has 2 N–H and O–H groups in total. The van der Waals surface area contributed by atoms with Gasteiger partial charge >= 0.3 is 11.9 Å². The normalized spacial score (nSPS) is 14.1. The molecule has 2 rings (SSSR count). The van der Waals surface area contributed by atoms with Crippen LogP contribution in [0.3, 0.4) is 0 Å². The minimum atomic E-state index is -1.57. The Hall–Kier alpha value is -2.07. The topological polar surface area (TPSA) is 125 Å². The number of carbonyl (C=O) groups is 2. The number of aryl methyl sites for hydroxylation is 2. The molecule has 2 atom stereocenters. The molecule has 0 aliphatic heterocycles. The summed E-state index contributed by atoms with van der Waals surface area (Å²) in [5.74, 6) is -1.50. The van der Waals surface area contributed by atoms with Crippen molar-refractivity contribution >= 4 is 34.9 Å². The summed E-state index contributed by atoms with van der Waals surface area (Å²) in [5, 5.41) is 14.1. The summed E-state index contributed by atoms with van der Waals surface area (Å²) in [4.78, 5) is 24.7. The van der Waals surface area contributed by atoms with Gasteiger partial charge in [-0.25, -0.2) is 4.79 Å². The summed E-state index contributed by atoms with van der Waals surface area (Å²) in [7, 11) is 0. The zero-order chi connectivity index (χ0) is 25.3. The first-order valence-corrected chi connectivity index (χ1v) is 11.9. The third kappa shape index (κ3) is 6.96. The minimum Gasteiger partial charge on any atom is -0.598 e. The minimum absolute atomic E-state index is 0.0273. The number of rotatable bonds is 7. The molecule has 1 aromatic carbocycles. The standard InChI is InChI=1S/C23H31ClN2O6S/c1-12-9-14(24)10-15(21(28)29)18(12)19-13(2)25-32-20(19)16(26-33(30)23(6,7)8)11-17(27)31-22(3,4)5/h9-10,16,26H,11H2,1-8H3,(H,28,29)/t16-,33-/m0/s1. The number of halogens is 1. The van der Waals surface area contributed by atoms with E-state index in [4.69, 9.17) is 20.9 Å². The van der Waals surface area contributed by atoms with Crippen molar-refractivity contribution in [2.45, 2.75) is 78.2 Å². The SMILES string of the molecule is Cc1cc(Cl)cc(C(=O)O)c1-c1c(C)noc1[C@H](CC(=O)OC(C)(C)C)N[S@@+]([O-])C(C)(C)C. The number of carboxylic acid groups (broad SMARTS) is 1. The number of hydrogen-bond donors (Lipinski definition) is 2. The van der Waals surface area contributed by atoms with Crippen LogP contribution in [0.1, 0.15) is 81.4 Å². The maximum absolute atomic E-state index is 12.9.